The van der Waals surface area contributed by atoms with Gasteiger partial charge in [0.2, 0.25) is 11.8 Å². The number of nitrogens with zero attached hydrogens (tertiary/aromatic N) is 4. The first-order valence-electron chi connectivity index (χ1n) is 12.1. The Labute approximate surface area is 203 Å². The van der Waals surface area contributed by atoms with Crippen LogP contribution in [0.25, 0.3) is 0 Å². The molecule has 5 nitrogen and oxygen atoms in total. The minimum absolute atomic E-state index is 0.551. The van der Waals surface area contributed by atoms with Crippen LogP contribution in [0.15, 0.2) is 48.5 Å². The molecule has 35 heavy (non-hydrogen) atoms. The summed E-state index contributed by atoms with van der Waals surface area (Å²) in [6, 6.07) is 13.3. The number of piperidine rings is 1. The molecule has 1 saturated heterocycles. The van der Waals surface area contributed by atoms with Crippen LogP contribution in [0.4, 0.5) is 19.1 Å². The van der Waals surface area contributed by atoms with Crippen molar-refractivity contribution in [2.24, 2.45) is 0 Å². The van der Waals surface area contributed by atoms with E-state index in [1.165, 1.54) is 6.42 Å². The number of aromatic nitrogens is 2. The van der Waals surface area contributed by atoms with Gasteiger partial charge in [-0.3, -0.25) is 4.90 Å². The lowest BCUT2D eigenvalue weighted by Gasteiger charge is -2.32. The average molecular weight is 483 g/mol. The predicted octanol–water partition coefficient (Wildman–Crippen LogP) is 6.14. The van der Waals surface area contributed by atoms with Crippen LogP contribution >= 0.6 is 0 Å². The van der Waals surface area contributed by atoms with Gasteiger partial charge in [-0.05, 0) is 56.0 Å². The molecule has 0 aliphatic carbocycles. The Morgan fingerprint density at radius 2 is 1.60 bits per heavy atom. The quantitative estimate of drug-likeness (QED) is 0.437. The normalized spacial score (nSPS) is 16.7. The maximum absolute atomic E-state index is 12.9. The molecule has 0 unspecified atom stereocenters. The SMILES string of the molecule is Cc1ccc(Oc2nc(N3CCCCC3)nc3c2CN(Cc2ccc(C(F)(F)F)cc2)CC3)cc1. The number of ether oxygens (including phenoxy) is 1. The molecule has 0 amide bonds. The van der Waals surface area contributed by atoms with Crippen LogP contribution in [0.3, 0.4) is 0 Å². The lowest BCUT2D eigenvalue weighted by Crippen LogP contribution is -2.34. The van der Waals surface area contributed by atoms with E-state index in [0.717, 1.165) is 85.1 Å². The summed E-state index contributed by atoms with van der Waals surface area (Å²) in [5.74, 6) is 2.01. The highest BCUT2D eigenvalue weighted by Crippen LogP contribution is 2.33. The third kappa shape index (κ3) is 5.59. The van der Waals surface area contributed by atoms with E-state index >= 15 is 0 Å². The Morgan fingerprint density at radius 3 is 2.29 bits per heavy atom. The second-order valence-corrected chi connectivity index (χ2v) is 9.37. The zero-order chi connectivity index (χ0) is 24.4. The summed E-state index contributed by atoms with van der Waals surface area (Å²) in [7, 11) is 0. The summed E-state index contributed by atoms with van der Waals surface area (Å²) < 4.78 is 45.0. The van der Waals surface area contributed by atoms with Gasteiger partial charge in [-0.1, -0.05) is 29.8 Å². The minimum Gasteiger partial charge on any atom is -0.439 e. The van der Waals surface area contributed by atoms with E-state index < -0.39 is 11.7 Å². The fourth-order valence-corrected chi connectivity index (χ4v) is 4.66. The molecule has 0 saturated carbocycles. The first kappa shape index (κ1) is 23.6. The summed E-state index contributed by atoms with van der Waals surface area (Å²) in [6.07, 6.45) is -0.0874. The van der Waals surface area contributed by atoms with E-state index in [1.807, 2.05) is 31.2 Å². The fourth-order valence-electron chi connectivity index (χ4n) is 4.66. The predicted molar refractivity (Wildman–Crippen MR) is 129 cm³/mol. The topological polar surface area (TPSA) is 41.5 Å². The van der Waals surface area contributed by atoms with E-state index in [2.05, 4.69) is 9.80 Å². The molecule has 184 valence electrons. The summed E-state index contributed by atoms with van der Waals surface area (Å²) in [5.41, 5.74) is 3.31. The molecule has 3 heterocycles. The summed E-state index contributed by atoms with van der Waals surface area (Å²) in [4.78, 5) is 14.2. The van der Waals surface area contributed by atoms with Gasteiger partial charge in [0.25, 0.3) is 0 Å². The molecule has 0 radical (unpaired) electrons. The Morgan fingerprint density at radius 1 is 0.886 bits per heavy atom. The molecule has 1 fully saturated rings. The van der Waals surface area contributed by atoms with Crippen LogP contribution in [0, 0.1) is 6.92 Å². The van der Waals surface area contributed by atoms with E-state index in [-0.39, 0.29) is 0 Å². The highest BCUT2D eigenvalue weighted by Gasteiger charge is 2.30. The van der Waals surface area contributed by atoms with Crippen LogP contribution in [-0.4, -0.2) is 34.5 Å². The van der Waals surface area contributed by atoms with Crippen molar-refractivity contribution < 1.29 is 17.9 Å². The first-order valence-corrected chi connectivity index (χ1v) is 12.1. The minimum atomic E-state index is -4.33. The number of aryl methyl sites for hydroxylation is 1. The number of hydrogen-bond acceptors (Lipinski definition) is 5. The second kappa shape index (κ2) is 9.85. The number of hydrogen-bond donors (Lipinski definition) is 0. The van der Waals surface area contributed by atoms with Gasteiger partial charge in [-0.2, -0.15) is 18.2 Å². The van der Waals surface area contributed by atoms with E-state index in [9.17, 15) is 13.2 Å². The van der Waals surface area contributed by atoms with Crippen molar-refractivity contribution in [1.29, 1.82) is 0 Å². The lowest BCUT2D eigenvalue weighted by atomic mass is 10.0. The van der Waals surface area contributed by atoms with Crippen molar-refractivity contribution in [1.82, 2.24) is 14.9 Å². The molecule has 0 N–H and O–H groups in total. The smallest absolute Gasteiger partial charge is 0.416 e. The van der Waals surface area contributed by atoms with Crippen LogP contribution in [0.5, 0.6) is 11.6 Å². The van der Waals surface area contributed by atoms with Crippen LogP contribution in [-0.2, 0) is 25.7 Å². The van der Waals surface area contributed by atoms with Crippen molar-refractivity contribution in [2.45, 2.75) is 51.9 Å². The Bertz CT molecular complexity index is 1160. The third-order valence-electron chi connectivity index (χ3n) is 6.65. The van der Waals surface area contributed by atoms with E-state index in [0.29, 0.717) is 19.0 Å². The Kier molecular flexibility index (Phi) is 6.65. The van der Waals surface area contributed by atoms with Crippen molar-refractivity contribution in [2.75, 3.05) is 24.5 Å². The first-order chi connectivity index (χ1) is 16.8. The molecule has 3 aromatic rings. The van der Waals surface area contributed by atoms with Crippen molar-refractivity contribution in [3.63, 3.8) is 0 Å². The molecule has 0 bridgehead atoms. The average Bonchev–Trinajstić information content (AvgIpc) is 2.86. The molecule has 2 aromatic carbocycles. The van der Waals surface area contributed by atoms with Crippen molar-refractivity contribution >= 4 is 5.95 Å². The van der Waals surface area contributed by atoms with Gasteiger partial charge < -0.3 is 9.64 Å². The number of fused-ring (bicyclic) bond motifs is 1. The molecule has 2 aliphatic rings. The van der Waals surface area contributed by atoms with Gasteiger partial charge in [0.15, 0.2) is 0 Å². The zero-order valence-electron chi connectivity index (χ0n) is 19.8. The summed E-state index contributed by atoms with van der Waals surface area (Å²) in [6.45, 7) is 5.83. The third-order valence-corrected chi connectivity index (χ3v) is 6.65. The Hall–Kier alpha value is -3.13. The van der Waals surface area contributed by atoms with E-state index in [1.54, 1.807) is 12.1 Å². The summed E-state index contributed by atoms with van der Waals surface area (Å²) >= 11 is 0. The molecular formula is C27H29F3N4O. The molecule has 5 rings (SSSR count). The lowest BCUT2D eigenvalue weighted by molar-refractivity contribution is -0.137. The van der Waals surface area contributed by atoms with Gasteiger partial charge >= 0.3 is 6.18 Å². The molecule has 0 spiro atoms. The van der Waals surface area contributed by atoms with Crippen LogP contribution in [0.2, 0.25) is 0 Å². The molecular weight excluding hydrogens is 453 g/mol. The molecule has 8 heteroatoms. The van der Waals surface area contributed by atoms with Crippen LogP contribution in [0.1, 0.15) is 47.2 Å². The molecule has 1 aromatic heterocycles. The van der Waals surface area contributed by atoms with Gasteiger partial charge in [-0.25, -0.2) is 4.98 Å². The highest BCUT2D eigenvalue weighted by molar-refractivity contribution is 5.44. The van der Waals surface area contributed by atoms with E-state index in [4.69, 9.17) is 14.7 Å². The van der Waals surface area contributed by atoms with Gasteiger partial charge in [-0.15, -0.1) is 0 Å². The number of benzene rings is 2. The Balaban J connectivity index is 1.40. The largest absolute Gasteiger partial charge is 0.439 e. The summed E-state index contributed by atoms with van der Waals surface area (Å²) in [5, 5.41) is 0. The van der Waals surface area contributed by atoms with Crippen LogP contribution < -0.4 is 9.64 Å². The van der Waals surface area contributed by atoms with Crippen molar-refractivity contribution in [3.05, 3.63) is 76.5 Å². The second-order valence-electron chi connectivity index (χ2n) is 9.37. The maximum atomic E-state index is 12.9. The highest BCUT2D eigenvalue weighted by atomic mass is 19.4. The molecule has 0 atom stereocenters. The molecule has 2 aliphatic heterocycles. The standard InChI is InChI=1S/C27H29F3N4O/c1-19-5-11-22(12-6-19)35-25-23-18-33(17-20-7-9-21(10-8-20)27(28,29)30)16-13-24(23)31-26(32-25)34-14-3-2-4-15-34/h5-12H,2-4,13-18H2,1H3. The number of alkyl halides is 3. The number of halogens is 3. The zero-order valence-corrected chi connectivity index (χ0v) is 19.8. The van der Waals surface area contributed by atoms with Gasteiger partial charge in [0.1, 0.15) is 5.75 Å². The van der Waals surface area contributed by atoms with Gasteiger partial charge in [0.05, 0.1) is 16.8 Å². The maximum Gasteiger partial charge on any atom is 0.416 e. The number of rotatable bonds is 5. The van der Waals surface area contributed by atoms with Crippen molar-refractivity contribution in [3.8, 4) is 11.6 Å². The van der Waals surface area contributed by atoms with Gasteiger partial charge in [0, 0.05) is 39.1 Å². The fraction of sp³-hybridized carbons (Fsp3) is 0.407. The monoisotopic (exact) mass is 482 g/mol. The number of anilines is 1.